The lowest BCUT2D eigenvalue weighted by Gasteiger charge is -2.27. The van der Waals surface area contributed by atoms with E-state index < -0.39 is 0 Å². The molecular formula is C12H15N3O3. The van der Waals surface area contributed by atoms with Crippen LogP contribution in [0, 0.1) is 0 Å². The summed E-state index contributed by atoms with van der Waals surface area (Å²) < 4.78 is 15.7. The highest BCUT2D eigenvalue weighted by molar-refractivity contribution is 5.79. The van der Waals surface area contributed by atoms with Crippen LogP contribution in [-0.4, -0.2) is 44.6 Å². The first-order chi connectivity index (χ1) is 8.78. The molecule has 1 fully saturated rings. The molecule has 0 amide bonds. The Kier molecular flexibility index (Phi) is 3.69. The molecule has 0 N–H and O–H groups in total. The first kappa shape index (κ1) is 12.3. The molecule has 6 nitrogen and oxygen atoms in total. The second-order valence-corrected chi connectivity index (χ2v) is 3.80. The number of anilines is 1. The largest absolute Gasteiger partial charge is 0.497 e. The number of hydrogen-bond donors (Lipinski definition) is 0. The maximum Gasteiger partial charge on any atom is 0.469 e. The SMILES string of the molecule is COc1ccc(OC)c(N2CCOC(=[N+]=[N-])C2)c1. The highest BCUT2D eigenvalue weighted by atomic mass is 16.5. The van der Waals surface area contributed by atoms with Crippen molar-refractivity contribution >= 4 is 11.6 Å². The van der Waals surface area contributed by atoms with Crippen LogP contribution >= 0.6 is 0 Å². The molecule has 0 aliphatic carbocycles. The minimum Gasteiger partial charge on any atom is -0.497 e. The number of hydrogen-bond acceptors (Lipinski definition) is 4. The van der Waals surface area contributed by atoms with E-state index in [9.17, 15) is 0 Å². The average molecular weight is 249 g/mol. The van der Waals surface area contributed by atoms with Crippen LogP contribution in [-0.2, 0) is 4.74 Å². The Hall–Kier alpha value is -2.20. The van der Waals surface area contributed by atoms with Gasteiger partial charge in [0.25, 0.3) is 0 Å². The van der Waals surface area contributed by atoms with E-state index in [2.05, 4.69) is 4.79 Å². The van der Waals surface area contributed by atoms with Gasteiger partial charge in [0.15, 0.2) is 6.54 Å². The van der Waals surface area contributed by atoms with Gasteiger partial charge >= 0.3 is 5.90 Å². The van der Waals surface area contributed by atoms with Crippen molar-refractivity contribution in [2.75, 3.05) is 38.8 Å². The van der Waals surface area contributed by atoms with Crippen LogP contribution in [0.3, 0.4) is 0 Å². The van der Waals surface area contributed by atoms with Gasteiger partial charge in [-0.2, -0.15) is 0 Å². The van der Waals surface area contributed by atoms with Crippen LogP contribution in [0.4, 0.5) is 5.69 Å². The van der Waals surface area contributed by atoms with Gasteiger partial charge in [-0.25, -0.2) is 0 Å². The second kappa shape index (κ2) is 5.42. The number of methoxy groups -OCH3 is 2. The number of nitrogens with zero attached hydrogens (tertiary/aromatic N) is 3. The summed E-state index contributed by atoms with van der Waals surface area (Å²) in [5, 5.41) is 0. The van der Waals surface area contributed by atoms with Gasteiger partial charge in [-0.05, 0) is 12.1 Å². The fourth-order valence-electron chi connectivity index (χ4n) is 1.87. The fourth-order valence-corrected chi connectivity index (χ4v) is 1.87. The van der Waals surface area contributed by atoms with Crippen molar-refractivity contribution in [1.82, 2.24) is 0 Å². The molecule has 0 spiro atoms. The van der Waals surface area contributed by atoms with E-state index in [0.717, 1.165) is 17.2 Å². The number of morpholine rings is 1. The summed E-state index contributed by atoms with van der Waals surface area (Å²) in [5.41, 5.74) is 9.65. The Morgan fingerprint density at radius 3 is 2.83 bits per heavy atom. The van der Waals surface area contributed by atoms with Crippen molar-refractivity contribution in [2.24, 2.45) is 0 Å². The fraction of sp³-hybridized carbons (Fsp3) is 0.417. The number of benzene rings is 1. The zero-order valence-corrected chi connectivity index (χ0v) is 10.4. The second-order valence-electron chi connectivity index (χ2n) is 3.80. The summed E-state index contributed by atoms with van der Waals surface area (Å²) in [6.45, 7) is 1.57. The third-order valence-corrected chi connectivity index (χ3v) is 2.79. The van der Waals surface area contributed by atoms with Gasteiger partial charge in [-0.15, -0.1) is 4.79 Å². The van der Waals surface area contributed by atoms with Crippen molar-refractivity contribution in [3.63, 3.8) is 0 Å². The van der Waals surface area contributed by atoms with Gasteiger partial charge in [-0.1, -0.05) is 0 Å². The van der Waals surface area contributed by atoms with E-state index in [-0.39, 0.29) is 0 Å². The summed E-state index contributed by atoms with van der Waals surface area (Å²) in [6, 6.07) is 5.57. The number of rotatable bonds is 3. The Morgan fingerprint density at radius 2 is 2.17 bits per heavy atom. The smallest absolute Gasteiger partial charge is 0.469 e. The Balaban J connectivity index is 2.33. The van der Waals surface area contributed by atoms with Crippen molar-refractivity contribution in [3.05, 3.63) is 23.7 Å². The van der Waals surface area contributed by atoms with E-state index in [1.807, 2.05) is 23.1 Å². The lowest BCUT2D eigenvalue weighted by Crippen LogP contribution is -2.40. The van der Waals surface area contributed by atoms with E-state index in [0.29, 0.717) is 25.6 Å². The van der Waals surface area contributed by atoms with Crippen molar-refractivity contribution in [2.45, 2.75) is 0 Å². The first-order valence-corrected chi connectivity index (χ1v) is 5.59. The van der Waals surface area contributed by atoms with Crippen LogP contribution in [0.15, 0.2) is 18.2 Å². The molecular weight excluding hydrogens is 234 g/mol. The molecule has 96 valence electrons. The van der Waals surface area contributed by atoms with Gasteiger partial charge in [0.2, 0.25) is 0 Å². The average Bonchev–Trinajstić information content (AvgIpc) is 2.46. The molecule has 0 aromatic heterocycles. The molecule has 1 saturated heterocycles. The monoisotopic (exact) mass is 249 g/mol. The molecule has 18 heavy (non-hydrogen) atoms. The van der Waals surface area contributed by atoms with Gasteiger partial charge in [0, 0.05) is 6.07 Å². The van der Waals surface area contributed by atoms with Crippen molar-refractivity contribution in [1.29, 1.82) is 0 Å². The topological polar surface area (TPSA) is 67.3 Å². The predicted molar refractivity (Wildman–Crippen MR) is 66.3 cm³/mol. The van der Waals surface area contributed by atoms with Crippen molar-refractivity contribution in [3.8, 4) is 11.5 Å². The maximum atomic E-state index is 8.76. The molecule has 0 unspecified atom stereocenters. The quantitative estimate of drug-likeness (QED) is 0.595. The lowest BCUT2D eigenvalue weighted by atomic mass is 10.2. The van der Waals surface area contributed by atoms with Crippen LogP contribution in [0.2, 0.25) is 0 Å². The molecule has 1 aliphatic rings. The third-order valence-electron chi connectivity index (χ3n) is 2.79. The molecule has 2 rings (SSSR count). The van der Waals surface area contributed by atoms with Crippen LogP contribution < -0.4 is 14.4 Å². The Labute approximate surface area is 105 Å². The summed E-state index contributed by atoms with van der Waals surface area (Å²) in [7, 11) is 3.23. The minimum absolute atomic E-state index is 0.297. The Bertz CT molecular complexity index is 483. The molecule has 6 heteroatoms. The van der Waals surface area contributed by atoms with Gasteiger partial charge < -0.3 is 24.6 Å². The highest BCUT2D eigenvalue weighted by Crippen LogP contribution is 2.32. The van der Waals surface area contributed by atoms with Gasteiger partial charge in [0.1, 0.15) is 18.1 Å². The third kappa shape index (κ3) is 2.38. The molecule has 1 aromatic carbocycles. The van der Waals surface area contributed by atoms with Gasteiger partial charge in [0.05, 0.1) is 26.5 Å². The molecule has 0 atom stereocenters. The molecule has 0 saturated carbocycles. The highest BCUT2D eigenvalue weighted by Gasteiger charge is 2.25. The van der Waals surface area contributed by atoms with Crippen molar-refractivity contribution < 1.29 is 19.0 Å². The van der Waals surface area contributed by atoms with Crippen LogP contribution in [0.1, 0.15) is 0 Å². The normalized spacial score (nSPS) is 14.8. The molecule has 1 aliphatic heterocycles. The molecule has 0 radical (unpaired) electrons. The first-order valence-electron chi connectivity index (χ1n) is 5.59. The Morgan fingerprint density at radius 1 is 1.33 bits per heavy atom. The van der Waals surface area contributed by atoms with Crippen LogP contribution in [0.25, 0.3) is 5.53 Å². The van der Waals surface area contributed by atoms with E-state index in [1.54, 1.807) is 14.2 Å². The van der Waals surface area contributed by atoms with E-state index in [1.165, 1.54) is 0 Å². The lowest BCUT2D eigenvalue weighted by molar-refractivity contribution is -0.0454. The number of ether oxygens (including phenoxy) is 3. The van der Waals surface area contributed by atoms with Crippen LogP contribution in [0.5, 0.6) is 11.5 Å². The van der Waals surface area contributed by atoms with E-state index >= 15 is 0 Å². The van der Waals surface area contributed by atoms with E-state index in [4.69, 9.17) is 19.7 Å². The zero-order valence-electron chi connectivity index (χ0n) is 10.4. The van der Waals surface area contributed by atoms with Gasteiger partial charge in [-0.3, -0.25) is 0 Å². The predicted octanol–water partition coefficient (Wildman–Crippen LogP) is 1.17. The zero-order chi connectivity index (χ0) is 13.0. The summed E-state index contributed by atoms with van der Waals surface area (Å²) >= 11 is 0. The molecule has 1 heterocycles. The molecule has 0 bridgehead atoms. The molecule has 1 aromatic rings. The minimum atomic E-state index is 0.297. The summed E-state index contributed by atoms with van der Waals surface area (Å²) in [4.78, 5) is 5.12. The standard InChI is InChI=1S/C12H15N3O3/c1-16-9-3-4-11(17-2)10(7-9)15-5-6-18-12(8-15)14-13/h3-4,7H,5-6,8H2,1-2H3. The summed E-state index contributed by atoms with van der Waals surface area (Å²) in [5.74, 6) is 1.79. The maximum absolute atomic E-state index is 8.76. The summed E-state index contributed by atoms with van der Waals surface area (Å²) in [6.07, 6.45) is 0.